The Morgan fingerprint density at radius 2 is 2.24 bits per heavy atom. The van der Waals surface area contributed by atoms with E-state index in [0.717, 1.165) is 36.4 Å². The van der Waals surface area contributed by atoms with Gasteiger partial charge in [0.2, 0.25) is 0 Å². The summed E-state index contributed by atoms with van der Waals surface area (Å²) in [6, 6.07) is 5.83. The van der Waals surface area contributed by atoms with Crippen LogP contribution in [0.25, 0.3) is 11.0 Å². The van der Waals surface area contributed by atoms with E-state index >= 15 is 0 Å². The number of hydrogen-bond donors (Lipinski definition) is 1. The number of aryl methyl sites for hydroxylation is 2. The van der Waals surface area contributed by atoms with Gasteiger partial charge in [-0.15, -0.1) is 0 Å². The van der Waals surface area contributed by atoms with E-state index in [0.29, 0.717) is 12.1 Å². The van der Waals surface area contributed by atoms with Gasteiger partial charge < -0.3 is 14.8 Å². The van der Waals surface area contributed by atoms with Crippen LogP contribution in [0.1, 0.15) is 29.0 Å². The van der Waals surface area contributed by atoms with Crippen molar-refractivity contribution in [2.24, 2.45) is 0 Å². The quantitative estimate of drug-likeness (QED) is 0.930. The summed E-state index contributed by atoms with van der Waals surface area (Å²) < 4.78 is 2.28. The van der Waals surface area contributed by atoms with E-state index < -0.39 is 0 Å². The third kappa shape index (κ3) is 2.93. The summed E-state index contributed by atoms with van der Waals surface area (Å²) in [7, 11) is 3.99. The highest BCUT2D eigenvalue weighted by Gasteiger charge is 2.15. The highest BCUT2D eigenvalue weighted by Crippen LogP contribution is 2.23. The zero-order chi connectivity index (χ0) is 14.8. The van der Waals surface area contributed by atoms with Gasteiger partial charge in [-0.1, -0.05) is 0 Å². The van der Waals surface area contributed by atoms with Gasteiger partial charge in [0.15, 0.2) is 0 Å². The predicted octanol–water partition coefficient (Wildman–Crippen LogP) is 1.66. The number of nitrogens with zero attached hydrogens (tertiary/aromatic N) is 3. The SMILES string of the molecule is CN(C)CCNC(=O)c1ccc2c(c1)nc1n2CCCC1. The summed E-state index contributed by atoms with van der Waals surface area (Å²) >= 11 is 0. The number of benzene rings is 1. The predicted molar refractivity (Wildman–Crippen MR) is 83.6 cm³/mol. The Bertz CT molecular complexity index is 660. The molecule has 1 amide bonds. The lowest BCUT2D eigenvalue weighted by Gasteiger charge is -2.13. The Hall–Kier alpha value is -1.88. The highest BCUT2D eigenvalue weighted by molar-refractivity contribution is 5.97. The van der Waals surface area contributed by atoms with Crippen LogP contribution in [0.2, 0.25) is 0 Å². The van der Waals surface area contributed by atoms with Crippen molar-refractivity contribution in [1.29, 1.82) is 0 Å². The zero-order valence-corrected chi connectivity index (χ0v) is 12.7. The molecule has 21 heavy (non-hydrogen) atoms. The van der Waals surface area contributed by atoms with Crippen molar-refractivity contribution in [1.82, 2.24) is 19.8 Å². The summed E-state index contributed by atoms with van der Waals surface area (Å²) in [5.41, 5.74) is 2.78. The van der Waals surface area contributed by atoms with Gasteiger partial charge in [-0.3, -0.25) is 4.79 Å². The third-order valence-electron chi connectivity index (χ3n) is 3.97. The number of imidazole rings is 1. The largest absolute Gasteiger partial charge is 0.351 e. The molecule has 5 heteroatoms. The highest BCUT2D eigenvalue weighted by atomic mass is 16.1. The maximum absolute atomic E-state index is 12.1. The van der Waals surface area contributed by atoms with Crippen LogP contribution in [-0.2, 0) is 13.0 Å². The molecule has 1 aliphatic rings. The first-order valence-electron chi connectivity index (χ1n) is 7.57. The molecule has 0 saturated carbocycles. The summed E-state index contributed by atoms with van der Waals surface area (Å²) in [6.07, 6.45) is 3.46. The van der Waals surface area contributed by atoms with Gasteiger partial charge in [0.25, 0.3) is 5.91 Å². The normalized spacial score (nSPS) is 14.4. The fourth-order valence-electron chi connectivity index (χ4n) is 2.81. The average molecular weight is 286 g/mol. The van der Waals surface area contributed by atoms with Crippen LogP contribution in [-0.4, -0.2) is 47.5 Å². The van der Waals surface area contributed by atoms with Crippen LogP contribution < -0.4 is 5.32 Å². The minimum atomic E-state index is -0.0234. The molecule has 0 fully saturated rings. The lowest BCUT2D eigenvalue weighted by molar-refractivity contribution is 0.0951. The monoisotopic (exact) mass is 286 g/mol. The Morgan fingerprint density at radius 3 is 3.05 bits per heavy atom. The first kappa shape index (κ1) is 14.1. The van der Waals surface area contributed by atoms with Gasteiger partial charge >= 0.3 is 0 Å². The molecule has 1 aliphatic heterocycles. The number of carbonyl (C=O) groups is 1. The van der Waals surface area contributed by atoms with Crippen LogP contribution in [0.4, 0.5) is 0 Å². The number of hydrogen-bond acceptors (Lipinski definition) is 3. The summed E-state index contributed by atoms with van der Waals surface area (Å²) in [4.78, 5) is 18.9. The number of fused-ring (bicyclic) bond motifs is 3. The van der Waals surface area contributed by atoms with Crippen LogP contribution >= 0.6 is 0 Å². The van der Waals surface area contributed by atoms with Gasteiger partial charge in [0.05, 0.1) is 11.0 Å². The van der Waals surface area contributed by atoms with Gasteiger partial charge in [0.1, 0.15) is 5.82 Å². The van der Waals surface area contributed by atoms with Crippen molar-refractivity contribution in [2.75, 3.05) is 27.2 Å². The van der Waals surface area contributed by atoms with E-state index in [2.05, 4.69) is 14.9 Å². The summed E-state index contributed by atoms with van der Waals surface area (Å²) in [5.74, 6) is 1.13. The summed E-state index contributed by atoms with van der Waals surface area (Å²) in [6.45, 7) is 2.54. The van der Waals surface area contributed by atoms with E-state index in [1.807, 2.05) is 37.2 Å². The fourth-order valence-corrected chi connectivity index (χ4v) is 2.81. The molecular weight excluding hydrogens is 264 g/mol. The number of likely N-dealkylation sites (N-methyl/N-ethyl adjacent to an activating group) is 1. The van der Waals surface area contributed by atoms with Crippen LogP contribution in [0.15, 0.2) is 18.2 Å². The van der Waals surface area contributed by atoms with Crippen molar-refractivity contribution < 1.29 is 4.79 Å². The van der Waals surface area contributed by atoms with Gasteiger partial charge in [-0.2, -0.15) is 0 Å². The van der Waals surface area contributed by atoms with Crippen molar-refractivity contribution in [2.45, 2.75) is 25.8 Å². The van der Waals surface area contributed by atoms with E-state index in [-0.39, 0.29) is 5.91 Å². The lowest BCUT2D eigenvalue weighted by atomic mass is 10.1. The van der Waals surface area contributed by atoms with Crippen molar-refractivity contribution in [3.05, 3.63) is 29.6 Å². The van der Waals surface area contributed by atoms with E-state index in [4.69, 9.17) is 0 Å². The van der Waals surface area contributed by atoms with Crippen LogP contribution in [0, 0.1) is 0 Å². The van der Waals surface area contributed by atoms with Crippen LogP contribution in [0.5, 0.6) is 0 Å². The molecule has 1 aromatic heterocycles. The molecule has 5 nitrogen and oxygen atoms in total. The Kier molecular flexibility index (Phi) is 3.92. The first-order chi connectivity index (χ1) is 10.1. The Morgan fingerprint density at radius 1 is 1.38 bits per heavy atom. The molecule has 0 bridgehead atoms. The summed E-state index contributed by atoms with van der Waals surface area (Å²) in [5, 5.41) is 2.94. The molecular formula is C16H22N4O. The second-order valence-electron chi connectivity index (χ2n) is 5.90. The van der Waals surface area contributed by atoms with E-state index in [9.17, 15) is 4.79 Å². The minimum absolute atomic E-state index is 0.0234. The molecule has 1 N–H and O–H groups in total. The maximum atomic E-state index is 12.1. The number of aromatic nitrogens is 2. The molecule has 2 heterocycles. The molecule has 112 valence electrons. The van der Waals surface area contributed by atoms with Crippen LogP contribution in [0.3, 0.4) is 0 Å². The number of amides is 1. The minimum Gasteiger partial charge on any atom is -0.351 e. The van der Waals surface area contributed by atoms with Gasteiger partial charge in [-0.25, -0.2) is 4.98 Å². The van der Waals surface area contributed by atoms with Crippen molar-refractivity contribution >= 4 is 16.9 Å². The van der Waals surface area contributed by atoms with E-state index in [1.165, 1.54) is 12.8 Å². The molecule has 0 unspecified atom stereocenters. The Balaban J connectivity index is 1.79. The standard InChI is InChI=1S/C16H22N4O/c1-19(2)10-8-17-16(21)12-6-7-14-13(11-12)18-15-5-3-4-9-20(14)15/h6-7,11H,3-5,8-10H2,1-2H3,(H,17,21). The molecule has 0 spiro atoms. The zero-order valence-electron chi connectivity index (χ0n) is 12.7. The molecule has 0 saturated heterocycles. The van der Waals surface area contributed by atoms with E-state index in [1.54, 1.807) is 0 Å². The van der Waals surface area contributed by atoms with Crippen molar-refractivity contribution in [3.63, 3.8) is 0 Å². The first-order valence-corrected chi connectivity index (χ1v) is 7.57. The second-order valence-corrected chi connectivity index (χ2v) is 5.90. The molecule has 0 atom stereocenters. The Labute approximate surface area is 125 Å². The lowest BCUT2D eigenvalue weighted by Crippen LogP contribution is -2.31. The smallest absolute Gasteiger partial charge is 0.251 e. The second kappa shape index (κ2) is 5.85. The fraction of sp³-hybridized carbons (Fsp3) is 0.500. The molecule has 0 radical (unpaired) electrons. The molecule has 1 aromatic carbocycles. The van der Waals surface area contributed by atoms with Gasteiger partial charge in [-0.05, 0) is 45.1 Å². The third-order valence-corrected chi connectivity index (χ3v) is 3.97. The topological polar surface area (TPSA) is 50.2 Å². The number of carbonyl (C=O) groups excluding carboxylic acids is 1. The van der Waals surface area contributed by atoms with Crippen molar-refractivity contribution in [3.8, 4) is 0 Å². The average Bonchev–Trinajstić information content (AvgIpc) is 2.84. The van der Waals surface area contributed by atoms with Gasteiger partial charge in [0, 0.05) is 31.6 Å². The molecule has 3 rings (SSSR count). The number of nitrogens with one attached hydrogen (secondary N) is 1. The maximum Gasteiger partial charge on any atom is 0.251 e. The number of rotatable bonds is 4. The molecule has 2 aromatic rings. The molecule has 0 aliphatic carbocycles.